The predicted octanol–water partition coefficient (Wildman–Crippen LogP) is 4.90. The molecular formula is C20H20N2O4S. The van der Waals surface area contributed by atoms with Crippen molar-refractivity contribution in [2.45, 2.75) is 13.3 Å². The quantitative estimate of drug-likeness (QED) is 0.613. The van der Waals surface area contributed by atoms with Gasteiger partial charge in [-0.25, -0.2) is 9.59 Å². The normalized spacial score (nSPS) is 10.5. The molecule has 7 heteroatoms. The minimum absolute atomic E-state index is 0.336. The lowest BCUT2D eigenvalue weighted by molar-refractivity contribution is 0.0603. The highest BCUT2D eigenvalue weighted by Crippen LogP contribution is 2.39. The van der Waals surface area contributed by atoms with Crippen molar-refractivity contribution >= 4 is 44.8 Å². The fourth-order valence-corrected chi connectivity index (χ4v) is 3.89. The van der Waals surface area contributed by atoms with Crippen LogP contribution in [0.5, 0.6) is 5.75 Å². The Kier molecular flexibility index (Phi) is 5.61. The van der Waals surface area contributed by atoms with Crippen LogP contribution in [0.25, 0.3) is 10.1 Å². The Labute approximate surface area is 161 Å². The van der Waals surface area contributed by atoms with Gasteiger partial charge in [0.1, 0.15) is 0 Å². The molecular weight excluding hydrogens is 364 g/mol. The summed E-state index contributed by atoms with van der Waals surface area (Å²) in [6.45, 7) is 2.04. The highest BCUT2D eigenvalue weighted by Gasteiger charge is 2.20. The Hall–Kier alpha value is -3.06. The molecule has 0 fully saturated rings. The van der Waals surface area contributed by atoms with Crippen molar-refractivity contribution in [1.82, 2.24) is 0 Å². The first-order valence-electron chi connectivity index (χ1n) is 8.42. The smallest absolute Gasteiger partial charge is 0.351 e. The molecule has 0 aliphatic heterocycles. The van der Waals surface area contributed by atoms with E-state index < -0.39 is 5.97 Å². The van der Waals surface area contributed by atoms with Gasteiger partial charge >= 0.3 is 12.0 Å². The number of methoxy groups -OCH3 is 2. The second-order valence-corrected chi connectivity index (χ2v) is 6.81. The number of anilines is 2. The number of rotatable bonds is 5. The molecule has 0 spiro atoms. The molecule has 140 valence electrons. The molecule has 0 saturated heterocycles. The molecule has 0 atom stereocenters. The Morgan fingerprint density at radius 1 is 1.07 bits per heavy atom. The van der Waals surface area contributed by atoms with E-state index in [4.69, 9.17) is 9.47 Å². The Balaban J connectivity index is 1.84. The number of hydrogen-bond donors (Lipinski definition) is 2. The monoisotopic (exact) mass is 384 g/mol. The van der Waals surface area contributed by atoms with E-state index in [-0.39, 0.29) is 6.03 Å². The van der Waals surface area contributed by atoms with Gasteiger partial charge in [-0.15, -0.1) is 11.3 Å². The summed E-state index contributed by atoms with van der Waals surface area (Å²) in [5.41, 5.74) is 2.44. The molecule has 0 aliphatic rings. The summed E-state index contributed by atoms with van der Waals surface area (Å²) in [4.78, 5) is 24.7. The Morgan fingerprint density at radius 2 is 1.85 bits per heavy atom. The summed E-state index contributed by atoms with van der Waals surface area (Å²) in [7, 11) is 2.83. The van der Waals surface area contributed by atoms with Gasteiger partial charge in [-0.1, -0.05) is 25.1 Å². The number of thiophene rings is 1. The van der Waals surface area contributed by atoms with Crippen LogP contribution in [0.3, 0.4) is 0 Å². The van der Waals surface area contributed by atoms with E-state index in [1.54, 1.807) is 12.1 Å². The molecule has 27 heavy (non-hydrogen) atoms. The predicted molar refractivity (Wildman–Crippen MR) is 108 cm³/mol. The second-order valence-electron chi connectivity index (χ2n) is 5.76. The number of benzene rings is 2. The maximum Gasteiger partial charge on any atom is 0.351 e. The number of fused-ring (bicyclic) bond motifs is 1. The van der Waals surface area contributed by atoms with E-state index in [1.807, 2.05) is 37.3 Å². The van der Waals surface area contributed by atoms with Crippen LogP contribution >= 0.6 is 11.3 Å². The number of hydrogen-bond acceptors (Lipinski definition) is 5. The zero-order valence-corrected chi connectivity index (χ0v) is 16.1. The molecule has 2 amide bonds. The maximum absolute atomic E-state index is 12.4. The van der Waals surface area contributed by atoms with Gasteiger partial charge in [-0.3, -0.25) is 0 Å². The summed E-state index contributed by atoms with van der Waals surface area (Å²) >= 11 is 1.29. The molecule has 0 radical (unpaired) electrons. The topological polar surface area (TPSA) is 76.7 Å². The van der Waals surface area contributed by atoms with Crippen molar-refractivity contribution in [2.75, 3.05) is 24.9 Å². The number of amides is 2. The van der Waals surface area contributed by atoms with Crippen LogP contribution in [0.2, 0.25) is 0 Å². The van der Waals surface area contributed by atoms with Gasteiger partial charge in [-0.2, -0.15) is 0 Å². The van der Waals surface area contributed by atoms with Crippen LogP contribution in [0.15, 0.2) is 42.5 Å². The van der Waals surface area contributed by atoms with Crippen LogP contribution in [-0.2, 0) is 11.2 Å². The largest absolute Gasteiger partial charge is 0.494 e. The average molecular weight is 384 g/mol. The van der Waals surface area contributed by atoms with Gasteiger partial charge < -0.3 is 20.1 Å². The first kappa shape index (κ1) is 18.7. The summed E-state index contributed by atoms with van der Waals surface area (Å²) in [5.74, 6) is -0.00119. The lowest BCUT2D eigenvalue weighted by atomic mass is 10.1. The van der Waals surface area contributed by atoms with Crippen molar-refractivity contribution in [3.63, 3.8) is 0 Å². The number of urea groups is 1. The molecule has 0 saturated carbocycles. The third-order valence-corrected chi connectivity index (χ3v) is 5.25. The minimum atomic E-state index is -0.448. The van der Waals surface area contributed by atoms with Crippen molar-refractivity contribution < 1.29 is 19.1 Å². The SMILES string of the molecule is CCc1ccccc1NC(=O)Nc1ccc2sc(C(=O)OC)c(OC)c2c1. The number of carbonyl (C=O) groups excluding carboxylic acids is 2. The van der Waals surface area contributed by atoms with E-state index in [1.165, 1.54) is 25.6 Å². The van der Waals surface area contributed by atoms with Crippen LogP contribution in [0.4, 0.5) is 16.2 Å². The summed E-state index contributed by atoms with van der Waals surface area (Å²) in [6.07, 6.45) is 0.824. The molecule has 6 nitrogen and oxygen atoms in total. The minimum Gasteiger partial charge on any atom is -0.494 e. The molecule has 3 aromatic rings. The van der Waals surface area contributed by atoms with E-state index in [9.17, 15) is 9.59 Å². The molecule has 0 unspecified atom stereocenters. The van der Waals surface area contributed by atoms with Crippen LogP contribution in [-0.4, -0.2) is 26.2 Å². The van der Waals surface area contributed by atoms with Gasteiger partial charge in [0.15, 0.2) is 10.6 Å². The maximum atomic E-state index is 12.4. The van der Waals surface area contributed by atoms with E-state index in [0.29, 0.717) is 16.3 Å². The fourth-order valence-electron chi connectivity index (χ4n) is 2.82. The molecule has 0 aliphatic carbocycles. The number of para-hydroxylation sites is 1. The van der Waals surface area contributed by atoms with Gasteiger partial charge in [0.05, 0.1) is 14.2 Å². The van der Waals surface area contributed by atoms with Gasteiger partial charge in [0, 0.05) is 21.5 Å². The number of aryl methyl sites for hydroxylation is 1. The molecule has 3 rings (SSSR count). The summed E-state index contributed by atoms with van der Waals surface area (Å²) in [5, 5.41) is 6.43. The average Bonchev–Trinajstić information content (AvgIpc) is 3.05. The van der Waals surface area contributed by atoms with E-state index in [0.717, 1.165) is 27.8 Å². The van der Waals surface area contributed by atoms with Crippen LogP contribution in [0.1, 0.15) is 22.2 Å². The summed E-state index contributed by atoms with van der Waals surface area (Å²) in [6, 6.07) is 12.7. The third-order valence-electron chi connectivity index (χ3n) is 4.12. The standard InChI is InChI=1S/C20H20N2O4S/c1-4-12-7-5-6-8-15(12)22-20(24)21-13-9-10-16-14(11-13)17(25-2)18(27-16)19(23)26-3/h5-11H,4H2,1-3H3,(H2,21,22,24). The molecule has 2 aromatic carbocycles. The van der Waals surface area contributed by atoms with Gasteiger partial charge in [-0.05, 0) is 36.2 Å². The van der Waals surface area contributed by atoms with Gasteiger partial charge in [0.25, 0.3) is 0 Å². The van der Waals surface area contributed by atoms with Crippen molar-refractivity contribution in [1.29, 1.82) is 0 Å². The first-order chi connectivity index (χ1) is 13.1. The lowest BCUT2D eigenvalue weighted by Crippen LogP contribution is -2.20. The zero-order chi connectivity index (χ0) is 19.4. The van der Waals surface area contributed by atoms with E-state index in [2.05, 4.69) is 10.6 Å². The van der Waals surface area contributed by atoms with Crippen molar-refractivity contribution in [2.24, 2.45) is 0 Å². The highest BCUT2D eigenvalue weighted by molar-refractivity contribution is 7.21. The molecule has 2 N–H and O–H groups in total. The third kappa shape index (κ3) is 3.88. The number of carbonyl (C=O) groups is 2. The lowest BCUT2D eigenvalue weighted by Gasteiger charge is -2.11. The van der Waals surface area contributed by atoms with Crippen molar-refractivity contribution in [3.8, 4) is 5.75 Å². The number of esters is 1. The van der Waals surface area contributed by atoms with E-state index >= 15 is 0 Å². The Bertz CT molecular complexity index is 997. The second kappa shape index (κ2) is 8.09. The summed E-state index contributed by atoms with van der Waals surface area (Å²) < 4.78 is 11.1. The van der Waals surface area contributed by atoms with Crippen molar-refractivity contribution in [3.05, 3.63) is 52.9 Å². The fraction of sp³-hybridized carbons (Fsp3) is 0.200. The Morgan fingerprint density at radius 3 is 2.56 bits per heavy atom. The molecule has 0 bridgehead atoms. The van der Waals surface area contributed by atoms with Gasteiger partial charge in [0.2, 0.25) is 0 Å². The number of nitrogens with one attached hydrogen (secondary N) is 2. The molecule has 1 heterocycles. The van der Waals surface area contributed by atoms with Crippen LogP contribution in [0, 0.1) is 0 Å². The highest BCUT2D eigenvalue weighted by atomic mass is 32.1. The number of ether oxygens (including phenoxy) is 2. The first-order valence-corrected chi connectivity index (χ1v) is 9.23. The van der Waals surface area contributed by atoms with Crippen LogP contribution < -0.4 is 15.4 Å². The zero-order valence-electron chi connectivity index (χ0n) is 15.3. The molecule has 1 aromatic heterocycles.